The smallest absolute Gasteiger partial charge is 0.280 e. The van der Waals surface area contributed by atoms with E-state index in [4.69, 9.17) is 0 Å². The van der Waals surface area contributed by atoms with E-state index < -0.39 is 0 Å². The number of nitrogens with zero attached hydrogens (tertiary/aromatic N) is 2. The molecule has 0 aliphatic carbocycles. The SMILES string of the molecule is CCC1=NC2(N=C(C)N2)[NH2+]1. The van der Waals surface area contributed by atoms with Gasteiger partial charge in [-0.2, -0.15) is 4.99 Å². The zero-order valence-electron chi connectivity index (χ0n) is 6.18. The molecule has 4 nitrogen and oxygen atoms in total. The van der Waals surface area contributed by atoms with Gasteiger partial charge in [-0.1, -0.05) is 6.92 Å². The summed E-state index contributed by atoms with van der Waals surface area (Å²) < 4.78 is 0. The first kappa shape index (κ1) is 5.85. The van der Waals surface area contributed by atoms with E-state index in [0.29, 0.717) is 0 Å². The van der Waals surface area contributed by atoms with Crippen molar-refractivity contribution in [2.75, 3.05) is 0 Å². The Balaban J connectivity index is 2.09. The van der Waals surface area contributed by atoms with Crippen molar-refractivity contribution >= 4 is 11.7 Å². The molecule has 0 radical (unpaired) electrons. The molecule has 0 aromatic heterocycles. The largest absolute Gasteiger partial charge is 0.386 e. The Labute approximate surface area is 59.4 Å². The number of nitrogens with one attached hydrogen (secondary N) is 1. The molecular weight excluding hydrogens is 128 g/mol. The van der Waals surface area contributed by atoms with Crippen LogP contribution in [0.1, 0.15) is 20.3 Å². The van der Waals surface area contributed by atoms with E-state index in [0.717, 1.165) is 18.1 Å². The van der Waals surface area contributed by atoms with Gasteiger partial charge in [-0.25, -0.2) is 5.32 Å². The molecule has 0 aromatic rings. The van der Waals surface area contributed by atoms with Crippen molar-refractivity contribution in [3.8, 4) is 0 Å². The number of nitrogens with two attached hydrogens (primary N) is 1. The standard InChI is InChI=1S/C6H10N4/c1-3-5-9-6(10-5)7-4(2)8-6/h3H2,1-2H3,(H,7,8)(H,9,10)/p+1. The highest BCUT2D eigenvalue weighted by Gasteiger charge is 2.49. The molecule has 0 bridgehead atoms. The lowest BCUT2D eigenvalue weighted by atomic mass is 10.3. The van der Waals surface area contributed by atoms with Gasteiger partial charge in [0.2, 0.25) is 5.84 Å². The maximum absolute atomic E-state index is 4.29. The summed E-state index contributed by atoms with van der Waals surface area (Å²) in [6.07, 6.45) is 1.01. The minimum atomic E-state index is -0.310. The van der Waals surface area contributed by atoms with Crippen LogP contribution < -0.4 is 10.6 Å². The molecule has 10 heavy (non-hydrogen) atoms. The van der Waals surface area contributed by atoms with Crippen LogP contribution in [-0.4, -0.2) is 17.6 Å². The number of hydrogen-bond donors (Lipinski definition) is 2. The maximum atomic E-state index is 4.29. The van der Waals surface area contributed by atoms with Gasteiger partial charge in [-0.15, -0.1) is 4.99 Å². The summed E-state index contributed by atoms with van der Waals surface area (Å²) in [5.74, 6) is 1.83. The van der Waals surface area contributed by atoms with Crippen molar-refractivity contribution < 1.29 is 5.32 Å². The van der Waals surface area contributed by atoms with Gasteiger partial charge >= 0.3 is 5.91 Å². The molecule has 54 valence electrons. The lowest BCUT2D eigenvalue weighted by Crippen LogP contribution is -3.10. The fourth-order valence-corrected chi connectivity index (χ4v) is 1.28. The van der Waals surface area contributed by atoms with Crippen molar-refractivity contribution in [2.24, 2.45) is 9.98 Å². The van der Waals surface area contributed by atoms with E-state index in [1.165, 1.54) is 0 Å². The molecule has 1 unspecified atom stereocenters. The van der Waals surface area contributed by atoms with E-state index in [1.54, 1.807) is 0 Å². The third-order valence-electron chi connectivity index (χ3n) is 1.75. The molecule has 0 saturated heterocycles. The maximum Gasteiger partial charge on any atom is 0.386 e. The van der Waals surface area contributed by atoms with Gasteiger partial charge in [0.25, 0.3) is 0 Å². The molecule has 2 aliphatic rings. The summed E-state index contributed by atoms with van der Waals surface area (Å²) in [7, 11) is 0. The van der Waals surface area contributed by atoms with Crippen LogP contribution in [0.5, 0.6) is 0 Å². The molecule has 0 aromatic carbocycles. The van der Waals surface area contributed by atoms with E-state index in [9.17, 15) is 0 Å². The third kappa shape index (κ3) is 0.593. The van der Waals surface area contributed by atoms with Crippen molar-refractivity contribution in [3.05, 3.63) is 0 Å². The monoisotopic (exact) mass is 139 g/mol. The van der Waals surface area contributed by atoms with Crippen molar-refractivity contribution in [1.82, 2.24) is 5.32 Å². The highest BCUT2D eigenvalue weighted by atomic mass is 15.6. The number of quaternary nitrogens is 1. The van der Waals surface area contributed by atoms with E-state index in [2.05, 4.69) is 27.5 Å². The minimum Gasteiger partial charge on any atom is -0.280 e. The molecule has 4 heteroatoms. The lowest BCUT2D eigenvalue weighted by Gasteiger charge is -2.37. The van der Waals surface area contributed by atoms with Crippen LogP contribution in [0.15, 0.2) is 9.98 Å². The molecule has 0 amide bonds. The quantitative estimate of drug-likeness (QED) is 0.481. The van der Waals surface area contributed by atoms with Gasteiger partial charge in [0.15, 0.2) is 0 Å². The molecule has 0 saturated carbocycles. The first-order valence-corrected chi connectivity index (χ1v) is 3.53. The molecule has 3 N–H and O–H groups in total. The fourth-order valence-electron chi connectivity index (χ4n) is 1.28. The van der Waals surface area contributed by atoms with E-state index in [-0.39, 0.29) is 5.91 Å². The third-order valence-corrected chi connectivity index (χ3v) is 1.75. The second-order valence-electron chi connectivity index (χ2n) is 2.65. The number of amidine groups is 2. The van der Waals surface area contributed by atoms with Gasteiger partial charge in [0, 0.05) is 6.42 Å². The lowest BCUT2D eigenvalue weighted by molar-refractivity contribution is -0.664. The summed E-state index contributed by atoms with van der Waals surface area (Å²) in [4.78, 5) is 8.51. The Hall–Kier alpha value is -0.900. The second-order valence-corrected chi connectivity index (χ2v) is 2.65. The van der Waals surface area contributed by atoms with E-state index in [1.807, 2.05) is 6.92 Å². The Morgan fingerprint density at radius 2 is 2.20 bits per heavy atom. The van der Waals surface area contributed by atoms with Crippen LogP contribution in [0.3, 0.4) is 0 Å². The van der Waals surface area contributed by atoms with Crippen LogP contribution >= 0.6 is 0 Å². The Morgan fingerprint density at radius 1 is 1.60 bits per heavy atom. The summed E-state index contributed by atoms with van der Waals surface area (Å²) in [5, 5.41) is 5.20. The molecule has 2 heterocycles. The average Bonchev–Trinajstić information content (AvgIpc) is 1.74. The predicted octanol–water partition coefficient (Wildman–Crippen LogP) is -0.995. The Kier molecular flexibility index (Phi) is 0.922. The molecule has 2 aliphatic heterocycles. The highest BCUT2D eigenvalue weighted by molar-refractivity contribution is 5.88. The summed E-state index contributed by atoms with van der Waals surface area (Å²) in [5.41, 5.74) is 0. The molecule has 1 atom stereocenters. The highest BCUT2D eigenvalue weighted by Crippen LogP contribution is 2.13. The van der Waals surface area contributed by atoms with Gasteiger partial charge in [0.05, 0.1) is 0 Å². The van der Waals surface area contributed by atoms with Crippen molar-refractivity contribution in [1.29, 1.82) is 0 Å². The van der Waals surface area contributed by atoms with Crippen molar-refractivity contribution in [3.63, 3.8) is 0 Å². The zero-order valence-corrected chi connectivity index (χ0v) is 6.18. The summed E-state index contributed by atoms with van der Waals surface area (Å²) >= 11 is 0. The molecular formula is C6H11N4+. The van der Waals surface area contributed by atoms with Crippen LogP contribution in [0.2, 0.25) is 0 Å². The Bertz CT molecular complexity index is 230. The fraction of sp³-hybridized carbons (Fsp3) is 0.667. The minimum absolute atomic E-state index is 0.310. The van der Waals surface area contributed by atoms with Crippen LogP contribution in [0, 0.1) is 0 Å². The Morgan fingerprint density at radius 3 is 2.60 bits per heavy atom. The van der Waals surface area contributed by atoms with Crippen molar-refractivity contribution in [2.45, 2.75) is 26.2 Å². The predicted molar refractivity (Wildman–Crippen MR) is 38.6 cm³/mol. The van der Waals surface area contributed by atoms with Crippen LogP contribution in [0.4, 0.5) is 0 Å². The first-order chi connectivity index (χ1) is 4.74. The number of aliphatic imine (C=N–C) groups is 2. The van der Waals surface area contributed by atoms with Gasteiger partial charge in [0.1, 0.15) is 5.84 Å². The summed E-state index contributed by atoms with van der Waals surface area (Å²) in [6.45, 7) is 4.04. The summed E-state index contributed by atoms with van der Waals surface area (Å²) in [6, 6.07) is 0. The second kappa shape index (κ2) is 1.58. The number of rotatable bonds is 1. The van der Waals surface area contributed by atoms with Crippen LogP contribution in [-0.2, 0) is 0 Å². The van der Waals surface area contributed by atoms with E-state index >= 15 is 0 Å². The van der Waals surface area contributed by atoms with Gasteiger partial charge in [-0.05, 0) is 6.92 Å². The molecule has 0 fully saturated rings. The van der Waals surface area contributed by atoms with Gasteiger partial charge in [-0.3, -0.25) is 5.32 Å². The first-order valence-electron chi connectivity index (χ1n) is 3.53. The van der Waals surface area contributed by atoms with Crippen LogP contribution in [0.25, 0.3) is 0 Å². The molecule has 2 rings (SSSR count). The topological polar surface area (TPSA) is 53.4 Å². The normalized spacial score (nSPS) is 35.4. The van der Waals surface area contributed by atoms with Gasteiger partial charge < -0.3 is 0 Å². The zero-order chi connectivity index (χ0) is 7.19. The number of hydrogen-bond acceptors (Lipinski definition) is 3. The average molecular weight is 139 g/mol. The molecule has 1 spiro atoms.